The quantitative estimate of drug-likeness (QED) is 0.0259. The van der Waals surface area contributed by atoms with E-state index in [2.05, 4.69) is 56.8 Å². The van der Waals surface area contributed by atoms with Gasteiger partial charge in [0.1, 0.15) is 53.9 Å². The third-order valence-corrected chi connectivity index (χ3v) is 14.6. The number of nitrogens with one attached hydrogen (secondary N) is 1. The lowest BCUT2D eigenvalue weighted by Crippen LogP contribution is -2.51. The number of unbranched alkanes of at least 4 members (excludes halogenated alkanes) is 13. The Kier molecular flexibility index (Phi) is 31.6. The Morgan fingerprint density at radius 1 is 0.825 bits per heavy atom. The number of aldehydes is 2. The maximum atomic E-state index is 16.3. The first-order valence-electron chi connectivity index (χ1n) is 29.1. The summed E-state index contributed by atoms with van der Waals surface area (Å²) in [5, 5.41) is 5.05. The number of esters is 1. The summed E-state index contributed by atoms with van der Waals surface area (Å²) >= 11 is 0. The molecule has 4 aromatic rings. The van der Waals surface area contributed by atoms with Crippen LogP contribution in [0.1, 0.15) is 168 Å². The minimum absolute atomic E-state index is 0.0133. The number of rotatable bonds is 27. The fraction of sp³-hybridized carbons (Fsp3) is 0.629. The Hall–Kier alpha value is -5.90. The Bertz CT molecular complexity index is 2510. The number of piperazine rings is 1. The molecule has 0 spiro atoms. The van der Waals surface area contributed by atoms with Crippen LogP contribution in [0.5, 0.6) is 11.8 Å². The number of anilines is 1. The lowest BCUT2D eigenvalue weighted by atomic mass is 9.95. The van der Waals surface area contributed by atoms with Crippen LogP contribution < -0.4 is 19.7 Å². The van der Waals surface area contributed by atoms with E-state index in [1.807, 2.05) is 0 Å². The largest absolute Gasteiger partial charge is 0.497 e. The molecule has 2 aromatic heterocycles. The van der Waals surface area contributed by atoms with Crippen LogP contribution in [0.3, 0.4) is 0 Å². The smallest absolute Gasteiger partial charge is 0.318 e. The number of methoxy groups -OCH3 is 3. The third-order valence-electron chi connectivity index (χ3n) is 14.6. The van der Waals surface area contributed by atoms with Crippen LogP contribution in [-0.2, 0) is 33.4 Å². The van der Waals surface area contributed by atoms with Crippen LogP contribution in [0.4, 0.5) is 19.0 Å². The van der Waals surface area contributed by atoms with Crippen LogP contribution >= 0.6 is 0 Å². The number of halogens is 3. The first-order chi connectivity index (χ1) is 38.9. The molecule has 18 heteroatoms. The van der Waals surface area contributed by atoms with Crippen LogP contribution in [0.2, 0.25) is 0 Å². The van der Waals surface area contributed by atoms with E-state index in [0.29, 0.717) is 70.9 Å². The van der Waals surface area contributed by atoms with Crippen molar-refractivity contribution in [3.05, 3.63) is 47.7 Å². The van der Waals surface area contributed by atoms with Gasteiger partial charge in [0.05, 0.1) is 31.8 Å². The molecule has 442 valence electrons. The van der Waals surface area contributed by atoms with Gasteiger partial charge in [-0.3, -0.25) is 19.5 Å². The molecule has 2 aromatic carbocycles. The number of benzene rings is 2. The summed E-state index contributed by atoms with van der Waals surface area (Å²) in [5.41, 5.74) is 0.405. The summed E-state index contributed by atoms with van der Waals surface area (Å²) in [5.74, 6) is 1.96. The second-order valence-corrected chi connectivity index (χ2v) is 20.8. The second-order valence-electron chi connectivity index (χ2n) is 20.8. The molecule has 80 heavy (non-hydrogen) atoms. The van der Waals surface area contributed by atoms with Crippen molar-refractivity contribution in [2.45, 2.75) is 192 Å². The summed E-state index contributed by atoms with van der Waals surface area (Å²) in [6.07, 6.45) is 32.2. The van der Waals surface area contributed by atoms with Gasteiger partial charge < -0.3 is 43.5 Å². The number of fused-ring (bicyclic) bond motifs is 5. The van der Waals surface area contributed by atoms with E-state index in [-0.39, 0.29) is 42.0 Å². The van der Waals surface area contributed by atoms with Gasteiger partial charge in [-0.25, -0.2) is 13.2 Å². The molecule has 2 bridgehead atoms. The van der Waals surface area contributed by atoms with E-state index in [9.17, 15) is 28.0 Å². The summed E-state index contributed by atoms with van der Waals surface area (Å²) in [4.78, 5) is 58.9. The van der Waals surface area contributed by atoms with E-state index in [1.54, 1.807) is 24.4 Å². The molecule has 1 N–H and O–H groups in total. The van der Waals surface area contributed by atoms with Crippen molar-refractivity contribution >= 4 is 52.5 Å². The van der Waals surface area contributed by atoms with Crippen molar-refractivity contribution in [1.82, 2.24) is 25.2 Å². The number of hydrogen-bond acceptors (Lipinski definition) is 15. The number of aromatic nitrogens is 3. The van der Waals surface area contributed by atoms with Crippen LogP contribution in [0.15, 0.2) is 30.5 Å². The van der Waals surface area contributed by atoms with Gasteiger partial charge in [-0.15, -0.1) is 6.42 Å². The van der Waals surface area contributed by atoms with Gasteiger partial charge in [0.15, 0.2) is 11.9 Å². The molecule has 6 heterocycles. The van der Waals surface area contributed by atoms with Crippen molar-refractivity contribution in [2.75, 3.05) is 65.6 Å². The minimum Gasteiger partial charge on any atom is -0.497 e. The van der Waals surface area contributed by atoms with Gasteiger partial charge in [-0.2, -0.15) is 9.97 Å². The molecule has 4 aliphatic heterocycles. The lowest BCUT2D eigenvalue weighted by Gasteiger charge is -2.34. The fourth-order valence-electron chi connectivity index (χ4n) is 10.4. The number of carbonyl (C=O) groups is 4. The van der Waals surface area contributed by atoms with Crippen LogP contribution in [-0.4, -0.2) is 136 Å². The first kappa shape index (κ1) is 66.6. The van der Waals surface area contributed by atoms with Crippen molar-refractivity contribution < 1.29 is 56.0 Å². The Labute approximate surface area is 473 Å². The van der Waals surface area contributed by atoms with E-state index >= 15 is 4.39 Å². The predicted molar refractivity (Wildman–Crippen MR) is 309 cm³/mol. The van der Waals surface area contributed by atoms with Crippen molar-refractivity contribution in [3.63, 3.8) is 0 Å². The normalized spacial score (nSPS) is 18.1. The topological polar surface area (TPSA) is 172 Å². The summed E-state index contributed by atoms with van der Waals surface area (Å²) < 4.78 is 68.9. The highest BCUT2D eigenvalue weighted by molar-refractivity contribution is 6.03. The van der Waals surface area contributed by atoms with Gasteiger partial charge in [0.2, 0.25) is 0 Å². The molecule has 0 amide bonds. The molecule has 4 fully saturated rings. The monoisotopic (exact) mass is 1120 g/mol. The number of pyridine rings is 1. The summed E-state index contributed by atoms with van der Waals surface area (Å²) in [7, 11) is 4.45. The van der Waals surface area contributed by atoms with Gasteiger partial charge in [0.25, 0.3) is 6.47 Å². The number of alkyl halides is 1. The molecular weight excluding hydrogens is 1030 g/mol. The number of ether oxygens (including phenoxy) is 5. The maximum absolute atomic E-state index is 16.3. The van der Waals surface area contributed by atoms with Gasteiger partial charge in [-0.05, 0) is 81.5 Å². The molecule has 15 nitrogen and oxygen atoms in total. The SMILES string of the molecule is C#Cc1c(F)ccc2cc(OC)cc(-c3ncc4c(N5CC6CCC(C5)N6)nc(OC)nc4c3F)c12.CCCCC=O.CCCCCCCCC(=O)OCC(COC)OC=O.CCCCCCCCC=O.F[C@@H]1CC2CCCN2C1. The molecule has 0 radical (unpaired) electrons. The minimum atomic E-state index is -0.672. The zero-order valence-corrected chi connectivity index (χ0v) is 48.4. The molecule has 0 aliphatic carbocycles. The van der Waals surface area contributed by atoms with Crippen LogP contribution in [0.25, 0.3) is 32.9 Å². The first-order valence-corrected chi connectivity index (χ1v) is 29.1. The zero-order valence-electron chi connectivity index (χ0n) is 48.4. The number of carbonyl (C=O) groups excluding carboxylic acids is 4. The fourth-order valence-corrected chi connectivity index (χ4v) is 10.4. The number of nitrogens with zero attached hydrogens (tertiary/aromatic N) is 5. The molecule has 4 aliphatic rings. The van der Waals surface area contributed by atoms with E-state index in [4.69, 9.17) is 30.1 Å². The van der Waals surface area contributed by atoms with Crippen molar-refractivity contribution in [2.24, 2.45) is 0 Å². The number of hydrogen-bond donors (Lipinski definition) is 1. The summed E-state index contributed by atoms with van der Waals surface area (Å²) in [6.45, 7) is 10.4. The highest BCUT2D eigenvalue weighted by Gasteiger charge is 2.36. The molecule has 4 unspecified atom stereocenters. The Balaban J connectivity index is 0.000000260. The standard InChI is InChI=1S/C27H23F2N5O2.C14H26O5.C9H18O.C7H12FN.C5H10O/c1-4-18-21(28)8-5-14-9-17(35-2)10-19(22(14)18)24-23(29)25-20(11-30-24)26(33-27(32-25)36-3)34-12-15-6-7-16(13-34)31-15;1-3-4-5-6-7-8-9-14(16)18-11-13(10-17-2)19-12-15;1-2-3-4-5-6-7-8-9-10;8-6-4-7-2-1-3-9(7)5-6;1-2-3-4-5-6/h1,5,8-11,15-16,31H,6-7,12-13H2,2-3H3;12-13H,3-11H2,1-2H3;9H,2-8H2,1H3;6-7H,1-5H2;5H,2-4H2,1H3/t;;;6-,7?;/m...1./s1. The Morgan fingerprint density at radius 3 is 2.09 bits per heavy atom. The van der Waals surface area contributed by atoms with E-state index in [0.717, 1.165) is 96.4 Å². The predicted octanol–water partition coefficient (Wildman–Crippen LogP) is 12.0. The Morgan fingerprint density at radius 2 is 1.49 bits per heavy atom. The third kappa shape index (κ3) is 21.5. The maximum Gasteiger partial charge on any atom is 0.318 e. The average molecular weight is 1120 g/mol. The van der Waals surface area contributed by atoms with Gasteiger partial charge in [0, 0.05) is 81.3 Å². The van der Waals surface area contributed by atoms with Crippen molar-refractivity contribution in [1.29, 1.82) is 0 Å². The van der Waals surface area contributed by atoms with E-state index in [1.165, 1.54) is 98.0 Å². The zero-order chi connectivity index (χ0) is 58.1. The lowest BCUT2D eigenvalue weighted by molar-refractivity contribution is -0.154. The van der Waals surface area contributed by atoms with Crippen LogP contribution in [0, 0.1) is 24.0 Å². The highest BCUT2D eigenvalue weighted by atomic mass is 19.1. The second kappa shape index (κ2) is 37.9. The number of terminal acetylenes is 1. The molecule has 4 saturated heterocycles. The molecule has 0 saturated carbocycles. The van der Waals surface area contributed by atoms with E-state index < -0.39 is 23.9 Å². The average Bonchev–Trinajstić information content (AvgIpc) is 4.21. The van der Waals surface area contributed by atoms with Gasteiger partial charge in [-0.1, -0.05) is 103 Å². The van der Waals surface area contributed by atoms with Gasteiger partial charge >= 0.3 is 12.0 Å². The highest BCUT2D eigenvalue weighted by Crippen LogP contribution is 2.39. The molecule has 5 atom stereocenters. The van der Waals surface area contributed by atoms with Crippen molar-refractivity contribution in [3.8, 4) is 35.4 Å². The molecule has 8 rings (SSSR count). The summed E-state index contributed by atoms with van der Waals surface area (Å²) in [6, 6.07) is 7.58. The molecular formula is C62H89F3N6O9.